The molecule has 1 N–H and O–H groups in total. The number of aliphatic hydroxyl groups excluding tert-OH is 1. The van der Waals surface area contributed by atoms with Crippen LogP contribution >= 0.6 is 0 Å². The van der Waals surface area contributed by atoms with Crippen LogP contribution in [0.4, 0.5) is 0 Å². The van der Waals surface area contributed by atoms with Crippen molar-refractivity contribution in [1.82, 2.24) is 0 Å². The summed E-state index contributed by atoms with van der Waals surface area (Å²) in [6.45, 7) is 4.33. The molecule has 0 atom stereocenters. The maximum Gasteiger partial charge on any atom is 0.0681 e. The molecule has 0 radical (unpaired) electrons. The van der Waals surface area contributed by atoms with Gasteiger partial charge >= 0.3 is 0 Å². The van der Waals surface area contributed by atoms with Crippen LogP contribution in [0.15, 0.2) is 42.5 Å². The molecule has 0 saturated carbocycles. The summed E-state index contributed by atoms with van der Waals surface area (Å²) in [6.07, 6.45) is 0. The molecule has 0 saturated heterocycles. The van der Waals surface area contributed by atoms with Crippen molar-refractivity contribution in [2.24, 2.45) is 0 Å². The van der Waals surface area contributed by atoms with Gasteiger partial charge in [0.05, 0.1) is 6.61 Å². The summed E-state index contributed by atoms with van der Waals surface area (Å²) < 4.78 is 0. The third kappa shape index (κ3) is 2.15. The van der Waals surface area contributed by atoms with Gasteiger partial charge in [-0.2, -0.15) is 0 Å². The molecule has 0 amide bonds. The Labute approximate surface area is 96.4 Å². The van der Waals surface area contributed by atoms with Gasteiger partial charge in [-0.25, -0.2) is 0 Å². The van der Waals surface area contributed by atoms with Crippen molar-refractivity contribution in [2.45, 2.75) is 20.5 Å². The van der Waals surface area contributed by atoms with E-state index in [2.05, 4.69) is 44.2 Å². The average Bonchev–Trinajstić information content (AvgIpc) is 2.32. The minimum absolute atomic E-state index is 0.104. The van der Waals surface area contributed by atoms with Crippen molar-refractivity contribution in [1.29, 1.82) is 0 Å². The van der Waals surface area contributed by atoms with Crippen molar-refractivity contribution in [3.8, 4) is 11.1 Å². The molecule has 2 aromatic carbocycles. The third-order valence-corrected chi connectivity index (χ3v) is 2.84. The molecule has 0 aliphatic heterocycles. The highest BCUT2D eigenvalue weighted by Crippen LogP contribution is 2.24. The molecule has 0 bridgehead atoms. The van der Waals surface area contributed by atoms with Gasteiger partial charge in [0.2, 0.25) is 0 Å². The lowest BCUT2D eigenvalue weighted by Crippen LogP contribution is -1.86. The predicted octanol–water partition coefficient (Wildman–Crippen LogP) is 3.46. The molecule has 1 heteroatoms. The number of benzene rings is 2. The first-order valence-corrected chi connectivity index (χ1v) is 5.48. The molecular weight excluding hydrogens is 196 g/mol. The van der Waals surface area contributed by atoms with Crippen molar-refractivity contribution in [3.05, 3.63) is 59.2 Å². The van der Waals surface area contributed by atoms with Gasteiger partial charge in [0.15, 0.2) is 0 Å². The smallest absolute Gasteiger partial charge is 0.0681 e. The quantitative estimate of drug-likeness (QED) is 0.808. The molecule has 0 aliphatic carbocycles. The minimum atomic E-state index is 0.104. The number of rotatable bonds is 2. The van der Waals surface area contributed by atoms with Gasteiger partial charge in [-0.15, -0.1) is 0 Å². The molecule has 2 rings (SSSR count). The molecule has 1 nitrogen and oxygen atoms in total. The number of hydrogen-bond donors (Lipinski definition) is 1. The highest BCUT2D eigenvalue weighted by Gasteiger charge is 2.01. The van der Waals surface area contributed by atoms with Gasteiger partial charge in [-0.3, -0.25) is 0 Å². The van der Waals surface area contributed by atoms with E-state index in [4.69, 9.17) is 5.11 Å². The van der Waals surface area contributed by atoms with Crippen LogP contribution in [-0.2, 0) is 6.61 Å². The fourth-order valence-electron chi connectivity index (χ4n) is 1.84. The Morgan fingerprint density at radius 1 is 0.938 bits per heavy atom. The Kier molecular flexibility index (Phi) is 3.07. The lowest BCUT2D eigenvalue weighted by Gasteiger charge is -2.08. The van der Waals surface area contributed by atoms with Crippen molar-refractivity contribution < 1.29 is 5.11 Å². The van der Waals surface area contributed by atoms with Gasteiger partial charge in [0.1, 0.15) is 0 Å². The second-order valence-electron chi connectivity index (χ2n) is 4.17. The Balaban J connectivity index is 2.45. The molecule has 16 heavy (non-hydrogen) atoms. The van der Waals surface area contributed by atoms with Crippen LogP contribution in [-0.4, -0.2) is 5.11 Å². The van der Waals surface area contributed by atoms with Crippen molar-refractivity contribution >= 4 is 0 Å². The summed E-state index contributed by atoms with van der Waals surface area (Å²) in [5.41, 5.74) is 5.98. The zero-order valence-corrected chi connectivity index (χ0v) is 9.70. The fourth-order valence-corrected chi connectivity index (χ4v) is 1.84. The predicted molar refractivity (Wildman–Crippen MR) is 67.3 cm³/mol. The molecular formula is C15H16O. The summed E-state index contributed by atoms with van der Waals surface area (Å²) in [5.74, 6) is 0. The lowest BCUT2D eigenvalue weighted by molar-refractivity contribution is 0.282. The van der Waals surface area contributed by atoms with Gasteiger partial charge in [0.25, 0.3) is 0 Å². The van der Waals surface area contributed by atoms with Crippen LogP contribution in [0.3, 0.4) is 0 Å². The van der Waals surface area contributed by atoms with Crippen LogP contribution in [0.2, 0.25) is 0 Å². The summed E-state index contributed by atoms with van der Waals surface area (Å²) in [4.78, 5) is 0. The first kappa shape index (κ1) is 10.9. The van der Waals surface area contributed by atoms with Crippen molar-refractivity contribution in [3.63, 3.8) is 0 Å². The lowest BCUT2D eigenvalue weighted by atomic mass is 9.98. The second-order valence-corrected chi connectivity index (χ2v) is 4.17. The molecule has 0 fully saturated rings. The number of hydrogen-bond acceptors (Lipinski definition) is 1. The topological polar surface area (TPSA) is 20.2 Å². The first-order valence-electron chi connectivity index (χ1n) is 5.48. The van der Waals surface area contributed by atoms with Crippen LogP contribution in [0.1, 0.15) is 16.7 Å². The van der Waals surface area contributed by atoms with E-state index >= 15 is 0 Å². The first-order chi connectivity index (χ1) is 7.70. The molecule has 0 aliphatic rings. The Hall–Kier alpha value is -1.60. The maximum absolute atomic E-state index is 9.00. The van der Waals surface area contributed by atoms with E-state index in [-0.39, 0.29) is 6.61 Å². The molecule has 2 aromatic rings. The third-order valence-electron chi connectivity index (χ3n) is 2.84. The second kappa shape index (κ2) is 4.50. The Morgan fingerprint density at radius 3 is 2.25 bits per heavy atom. The molecule has 82 valence electrons. The molecule has 0 unspecified atom stereocenters. The van der Waals surface area contributed by atoms with Gasteiger partial charge in [-0.05, 0) is 36.1 Å². The zero-order valence-electron chi connectivity index (χ0n) is 9.70. The van der Waals surface area contributed by atoms with E-state index in [0.29, 0.717) is 0 Å². The van der Waals surface area contributed by atoms with Crippen LogP contribution in [0.25, 0.3) is 11.1 Å². The Morgan fingerprint density at radius 2 is 1.62 bits per heavy atom. The molecule has 0 aromatic heterocycles. The van der Waals surface area contributed by atoms with Gasteiger partial charge < -0.3 is 5.11 Å². The number of aryl methyl sites for hydroxylation is 2. The summed E-state index contributed by atoms with van der Waals surface area (Å²) in [6, 6.07) is 14.5. The van der Waals surface area contributed by atoms with Gasteiger partial charge in [-0.1, -0.05) is 48.0 Å². The largest absolute Gasteiger partial charge is 0.392 e. The summed E-state index contributed by atoms with van der Waals surface area (Å²) in [5, 5.41) is 9.00. The highest BCUT2D eigenvalue weighted by molar-refractivity contribution is 5.68. The molecule has 0 heterocycles. The summed E-state index contributed by atoms with van der Waals surface area (Å²) in [7, 11) is 0. The standard InChI is InChI=1S/C15H16O/c1-11-3-4-12(2)15(9-11)14-7-5-13(10-16)6-8-14/h3-9,16H,10H2,1-2H3. The maximum atomic E-state index is 9.00. The van der Waals surface area contributed by atoms with Crippen LogP contribution in [0, 0.1) is 13.8 Å². The Bertz CT molecular complexity index is 483. The van der Waals surface area contributed by atoms with Crippen LogP contribution < -0.4 is 0 Å². The van der Waals surface area contributed by atoms with E-state index in [0.717, 1.165) is 5.56 Å². The SMILES string of the molecule is Cc1ccc(C)c(-c2ccc(CO)cc2)c1. The zero-order chi connectivity index (χ0) is 11.5. The normalized spacial score (nSPS) is 10.4. The van der Waals surface area contributed by atoms with Crippen LogP contribution in [0.5, 0.6) is 0 Å². The van der Waals surface area contributed by atoms with Gasteiger partial charge in [0, 0.05) is 0 Å². The monoisotopic (exact) mass is 212 g/mol. The highest BCUT2D eigenvalue weighted by atomic mass is 16.3. The number of aliphatic hydroxyl groups is 1. The van der Waals surface area contributed by atoms with E-state index in [9.17, 15) is 0 Å². The van der Waals surface area contributed by atoms with E-state index in [1.54, 1.807) is 0 Å². The van der Waals surface area contributed by atoms with E-state index < -0.39 is 0 Å². The fraction of sp³-hybridized carbons (Fsp3) is 0.200. The minimum Gasteiger partial charge on any atom is -0.392 e. The van der Waals surface area contributed by atoms with E-state index in [1.165, 1.54) is 22.3 Å². The van der Waals surface area contributed by atoms with E-state index in [1.807, 2.05) is 12.1 Å². The molecule has 0 spiro atoms. The average molecular weight is 212 g/mol. The summed E-state index contributed by atoms with van der Waals surface area (Å²) >= 11 is 0. The van der Waals surface area contributed by atoms with Crippen molar-refractivity contribution in [2.75, 3.05) is 0 Å².